The summed E-state index contributed by atoms with van der Waals surface area (Å²) in [6.45, 7) is 2.21. The number of aryl methyl sites for hydroxylation is 1. The van der Waals surface area contributed by atoms with E-state index in [2.05, 4.69) is 65.4 Å². The Bertz CT molecular complexity index is 2470. The van der Waals surface area contributed by atoms with Crippen LogP contribution >= 0.6 is 0 Å². The lowest BCUT2D eigenvalue weighted by molar-refractivity contribution is 0.795. The zero-order valence-electron chi connectivity index (χ0n) is 30.7. The summed E-state index contributed by atoms with van der Waals surface area (Å²) in [4.78, 5) is 18.6. The summed E-state index contributed by atoms with van der Waals surface area (Å²) in [7, 11) is 0. The molecule has 1 aliphatic rings. The van der Waals surface area contributed by atoms with Gasteiger partial charge in [0.25, 0.3) is 0 Å². The van der Waals surface area contributed by atoms with E-state index in [1.807, 2.05) is 103 Å². The van der Waals surface area contributed by atoms with Gasteiger partial charge in [-0.25, -0.2) is 0 Å². The Kier molecular flexibility index (Phi) is 11.3. The smallest absolute Gasteiger partial charge is 0.0883 e. The Balaban J connectivity index is 0.000000599. The van der Waals surface area contributed by atoms with Gasteiger partial charge in [0.1, 0.15) is 0 Å². The van der Waals surface area contributed by atoms with Crippen LogP contribution in [0.4, 0.5) is 5.69 Å². The molecule has 7 heteroatoms. The summed E-state index contributed by atoms with van der Waals surface area (Å²) in [5, 5.41) is 17.2. The second-order valence-electron chi connectivity index (χ2n) is 13.2. The minimum absolute atomic E-state index is 0.117. The summed E-state index contributed by atoms with van der Waals surface area (Å²) in [5.41, 5.74) is 18.4. The van der Waals surface area contributed by atoms with Gasteiger partial charge in [0.15, 0.2) is 0 Å². The highest BCUT2D eigenvalue weighted by Gasteiger charge is 2.20. The number of hydrogen-bond donors (Lipinski definition) is 3. The molecule has 0 spiro atoms. The molecule has 0 saturated heterocycles. The quantitative estimate of drug-likeness (QED) is 0.101. The fourth-order valence-electron chi connectivity index (χ4n) is 6.28. The van der Waals surface area contributed by atoms with E-state index >= 15 is 0 Å². The molecule has 0 fully saturated rings. The lowest BCUT2D eigenvalue weighted by Gasteiger charge is -2.16. The number of aromatic nitrogens is 4. The van der Waals surface area contributed by atoms with Crippen molar-refractivity contribution in [3.05, 3.63) is 187 Å². The van der Waals surface area contributed by atoms with E-state index in [0.717, 1.165) is 62.4 Å². The van der Waals surface area contributed by atoms with Crippen molar-refractivity contribution in [1.82, 2.24) is 19.9 Å². The first kappa shape index (κ1) is 36.2. The molecule has 4 aromatic heterocycles. The van der Waals surface area contributed by atoms with Crippen LogP contribution in [0.25, 0.3) is 55.9 Å². The Morgan fingerprint density at radius 1 is 0.509 bits per heavy atom. The van der Waals surface area contributed by atoms with Crippen molar-refractivity contribution >= 4 is 28.3 Å². The van der Waals surface area contributed by atoms with Crippen LogP contribution in [-0.2, 0) is 6.42 Å². The number of hydrogen-bond acceptors (Lipinski definition) is 7. The van der Waals surface area contributed by atoms with E-state index in [0.29, 0.717) is 17.0 Å². The molecule has 1 aliphatic carbocycles. The normalized spacial score (nSPS) is 12.3. The van der Waals surface area contributed by atoms with Gasteiger partial charge in [0.2, 0.25) is 0 Å². The van der Waals surface area contributed by atoms with Crippen LogP contribution in [0.1, 0.15) is 36.7 Å². The highest BCUT2D eigenvalue weighted by atomic mass is 14.7. The molecule has 0 bridgehead atoms. The van der Waals surface area contributed by atoms with Crippen molar-refractivity contribution < 1.29 is 0 Å². The van der Waals surface area contributed by atoms with E-state index in [1.165, 1.54) is 18.4 Å². The van der Waals surface area contributed by atoms with E-state index < -0.39 is 0 Å². The Hall–Kier alpha value is -7.12. The van der Waals surface area contributed by atoms with Gasteiger partial charge in [-0.2, -0.15) is 0 Å². The van der Waals surface area contributed by atoms with Crippen LogP contribution in [0.5, 0.6) is 0 Å². The van der Waals surface area contributed by atoms with Crippen molar-refractivity contribution in [1.29, 1.82) is 10.8 Å². The molecule has 55 heavy (non-hydrogen) atoms. The SMILES string of the molecule is CCCCc1ccc(-c2ccnc(-c3ccc(C4=CC(c5ccc(-c6cc(-c7ccccc7)ccn6)cn5)=CC(=N)C4=N)nc3)c2)cc1.Nc1ccccc1. The van der Waals surface area contributed by atoms with E-state index in [1.54, 1.807) is 18.5 Å². The second kappa shape index (κ2) is 17.1. The maximum atomic E-state index is 8.65. The molecule has 0 saturated carbocycles. The molecule has 268 valence electrons. The molecule has 0 unspecified atom stereocenters. The van der Waals surface area contributed by atoms with Gasteiger partial charge in [-0.1, -0.05) is 86.1 Å². The number of anilines is 1. The minimum Gasteiger partial charge on any atom is -0.399 e. The lowest BCUT2D eigenvalue weighted by Crippen LogP contribution is -2.16. The third-order valence-corrected chi connectivity index (χ3v) is 9.36. The number of nitrogen functional groups attached to an aromatic ring is 1. The van der Waals surface area contributed by atoms with Crippen molar-refractivity contribution in [3.63, 3.8) is 0 Å². The molecular formula is C48H41N7. The number of allylic oxidation sites excluding steroid dienone is 4. The molecular weight excluding hydrogens is 675 g/mol. The number of rotatable bonds is 9. The fourth-order valence-corrected chi connectivity index (χ4v) is 6.28. The van der Waals surface area contributed by atoms with Crippen LogP contribution < -0.4 is 5.73 Å². The maximum Gasteiger partial charge on any atom is 0.0883 e. The first-order valence-electron chi connectivity index (χ1n) is 18.4. The summed E-state index contributed by atoms with van der Waals surface area (Å²) in [6.07, 6.45) is 14.3. The van der Waals surface area contributed by atoms with Crippen molar-refractivity contribution in [2.45, 2.75) is 26.2 Å². The Morgan fingerprint density at radius 2 is 1.05 bits per heavy atom. The number of unbranched alkanes of at least 4 members (excludes halogenated alkanes) is 1. The monoisotopic (exact) mass is 715 g/mol. The van der Waals surface area contributed by atoms with Crippen molar-refractivity contribution in [2.75, 3.05) is 5.73 Å². The highest BCUT2D eigenvalue weighted by Crippen LogP contribution is 2.30. The van der Waals surface area contributed by atoms with E-state index in [9.17, 15) is 0 Å². The molecule has 3 aromatic carbocycles. The summed E-state index contributed by atoms with van der Waals surface area (Å²) in [5.74, 6) is 0. The number of nitrogens with zero attached hydrogens (tertiary/aromatic N) is 4. The number of pyridine rings is 4. The number of nitrogens with two attached hydrogens (primary N) is 1. The zero-order chi connectivity index (χ0) is 38.0. The molecule has 8 rings (SSSR count). The number of nitrogens with one attached hydrogen (secondary N) is 2. The Morgan fingerprint density at radius 3 is 1.58 bits per heavy atom. The highest BCUT2D eigenvalue weighted by molar-refractivity contribution is 6.61. The lowest BCUT2D eigenvalue weighted by atomic mass is 9.91. The maximum absolute atomic E-state index is 8.65. The largest absolute Gasteiger partial charge is 0.399 e. The topological polar surface area (TPSA) is 125 Å². The van der Waals surface area contributed by atoms with Crippen LogP contribution in [0.2, 0.25) is 0 Å². The minimum atomic E-state index is 0.117. The van der Waals surface area contributed by atoms with Gasteiger partial charge in [-0.05, 0) is 113 Å². The third kappa shape index (κ3) is 8.92. The van der Waals surface area contributed by atoms with Gasteiger partial charge in [0.05, 0.1) is 34.2 Å². The van der Waals surface area contributed by atoms with Crippen LogP contribution in [0.3, 0.4) is 0 Å². The molecule has 7 aromatic rings. The van der Waals surface area contributed by atoms with Crippen molar-refractivity contribution in [2.24, 2.45) is 0 Å². The molecule has 7 nitrogen and oxygen atoms in total. The van der Waals surface area contributed by atoms with Crippen LogP contribution in [0.15, 0.2) is 170 Å². The second-order valence-corrected chi connectivity index (χ2v) is 13.2. The summed E-state index contributed by atoms with van der Waals surface area (Å²) >= 11 is 0. The zero-order valence-corrected chi connectivity index (χ0v) is 30.7. The summed E-state index contributed by atoms with van der Waals surface area (Å²) in [6, 6.07) is 44.4. The first-order chi connectivity index (χ1) is 26.9. The molecule has 0 aliphatic heterocycles. The molecule has 0 atom stereocenters. The predicted octanol–water partition coefficient (Wildman–Crippen LogP) is 11.1. The van der Waals surface area contributed by atoms with Gasteiger partial charge in [0, 0.05) is 52.7 Å². The molecule has 4 N–H and O–H groups in total. The van der Waals surface area contributed by atoms with Crippen LogP contribution in [0, 0.1) is 10.8 Å². The van der Waals surface area contributed by atoms with Gasteiger partial charge in [-0.3, -0.25) is 30.8 Å². The first-order valence-corrected chi connectivity index (χ1v) is 18.4. The van der Waals surface area contributed by atoms with E-state index in [4.69, 9.17) is 26.5 Å². The van der Waals surface area contributed by atoms with E-state index in [-0.39, 0.29) is 11.4 Å². The summed E-state index contributed by atoms with van der Waals surface area (Å²) < 4.78 is 0. The number of benzene rings is 3. The van der Waals surface area contributed by atoms with Gasteiger partial charge in [-0.15, -0.1) is 0 Å². The standard InChI is InChI=1S/C42H34N6.C6H7N/c1-2-3-7-28-10-12-30(13-11-28)32-19-21-46-41(25-32)34-15-17-39(48-27-34)36-22-35(23-37(43)42(36)44)38-16-14-33(26-47-38)40-24-31(18-20-45-40)29-8-5-4-6-9-29;7-6-4-2-1-3-5-6/h4-6,8-27,43-44H,2-3,7H2,1H3;1-5H,7H2. The third-order valence-electron chi connectivity index (χ3n) is 9.36. The molecule has 0 radical (unpaired) electrons. The van der Waals surface area contributed by atoms with Crippen molar-refractivity contribution in [3.8, 4) is 44.8 Å². The fraction of sp³-hybridized carbons (Fsp3) is 0.0833. The van der Waals surface area contributed by atoms with Crippen LogP contribution in [-0.4, -0.2) is 31.4 Å². The molecule has 0 amide bonds. The Labute approximate surface area is 322 Å². The molecule has 4 heterocycles. The predicted molar refractivity (Wildman–Crippen MR) is 227 cm³/mol. The average Bonchev–Trinajstić information content (AvgIpc) is 3.25. The van der Waals surface area contributed by atoms with Gasteiger partial charge >= 0.3 is 0 Å². The van der Waals surface area contributed by atoms with Gasteiger partial charge < -0.3 is 5.73 Å². The number of para-hydroxylation sites is 1. The average molecular weight is 716 g/mol.